The number of amides is 1. The van der Waals surface area contributed by atoms with Gasteiger partial charge in [0.1, 0.15) is 6.54 Å². The molecule has 1 unspecified atom stereocenters. The monoisotopic (exact) mass is 464 g/mol. The molecule has 9 nitrogen and oxygen atoms in total. The van der Waals surface area contributed by atoms with Crippen molar-refractivity contribution in [2.75, 3.05) is 5.32 Å². The van der Waals surface area contributed by atoms with Gasteiger partial charge in [-0.05, 0) is 18.2 Å². The first-order valence-corrected chi connectivity index (χ1v) is 10.2. The maximum Gasteiger partial charge on any atom is 0.327 e. The molecule has 0 fully saturated rings. The zero-order valence-electron chi connectivity index (χ0n) is 17.1. The lowest BCUT2D eigenvalue weighted by atomic mass is 10.1. The normalized spacial score (nSPS) is 11.7. The molecular formula is C23H17ClN4O5. The smallest absolute Gasteiger partial charge is 0.327 e. The number of halogens is 1. The molecule has 0 saturated carbocycles. The van der Waals surface area contributed by atoms with Gasteiger partial charge in [-0.1, -0.05) is 54.1 Å². The number of rotatable bonds is 7. The minimum Gasteiger partial charge on any atom is -0.446 e. The van der Waals surface area contributed by atoms with Crippen LogP contribution in [0.2, 0.25) is 5.02 Å². The molecule has 0 aliphatic carbocycles. The van der Waals surface area contributed by atoms with Crippen molar-refractivity contribution in [1.29, 1.82) is 0 Å². The second-order valence-electron chi connectivity index (χ2n) is 7.05. The number of para-hydroxylation sites is 2. The molecule has 3 aromatic carbocycles. The van der Waals surface area contributed by atoms with Gasteiger partial charge >= 0.3 is 5.97 Å². The molecule has 33 heavy (non-hydrogen) atoms. The van der Waals surface area contributed by atoms with Gasteiger partial charge in [-0.15, -0.1) is 0 Å². The highest BCUT2D eigenvalue weighted by molar-refractivity contribution is 6.34. The van der Waals surface area contributed by atoms with Gasteiger partial charge in [-0.3, -0.25) is 19.7 Å². The van der Waals surface area contributed by atoms with Crippen molar-refractivity contribution in [2.45, 2.75) is 12.6 Å². The maximum absolute atomic E-state index is 13.0. The average molecular weight is 465 g/mol. The second kappa shape index (κ2) is 9.49. The number of esters is 1. The summed E-state index contributed by atoms with van der Waals surface area (Å²) in [6.45, 7) is -0.143. The summed E-state index contributed by atoms with van der Waals surface area (Å²) < 4.78 is 7.17. The van der Waals surface area contributed by atoms with Gasteiger partial charge in [0.25, 0.3) is 11.6 Å². The number of hydrogen-bond donors (Lipinski definition) is 1. The molecule has 1 N–H and O–H groups in total. The van der Waals surface area contributed by atoms with Crippen LogP contribution in [0.5, 0.6) is 0 Å². The Morgan fingerprint density at radius 3 is 2.55 bits per heavy atom. The molecule has 1 heterocycles. The number of imidazole rings is 1. The number of benzene rings is 3. The summed E-state index contributed by atoms with van der Waals surface area (Å²) in [6.07, 6.45) is 0.264. The number of fused-ring (bicyclic) bond motifs is 1. The van der Waals surface area contributed by atoms with E-state index in [4.69, 9.17) is 16.3 Å². The third kappa shape index (κ3) is 4.99. The summed E-state index contributed by atoms with van der Waals surface area (Å²) in [5, 5.41) is 13.5. The van der Waals surface area contributed by atoms with Crippen LogP contribution >= 0.6 is 11.6 Å². The summed E-state index contributed by atoms with van der Waals surface area (Å²) in [5.74, 6) is -1.29. The zero-order chi connectivity index (χ0) is 23.4. The number of nitrogens with zero attached hydrogens (tertiary/aromatic N) is 3. The van der Waals surface area contributed by atoms with E-state index in [2.05, 4.69) is 10.3 Å². The zero-order valence-corrected chi connectivity index (χ0v) is 17.8. The first kappa shape index (κ1) is 22.0. The molecule has 0 bridgehead atoms. The Hall–Kier alpha value is -4.24. The van der Waals surface area contributed by atoms with Crippen LogP contribution in [0.25, 0.3) is 11.0 Å². The van der Waals surface area contributed by atoms with Gasteiger partial charge in [0.15, 0.2) is 0 Å². The summed E-state index contributed by atoms with van der Waals surface area (Å²) >= 11 is 6.09. The van der Waals surface area contributed by atoms with E-state index in [0.29, 0.717) is 5.56 Å². The van der Waals surface area contributed by atoms with Crippen molar-refractivity contribution in [2.24, 2.45) is 0 Å². The Morgan fingerprint density at radius 1 is 1.09 bits per heavy atom. The van der Waals surface area contributed by atoms with E-state index in [1.165, 1.54) is 18.5 Å². The first-order chi connectivity index (χ1) is 15.9. The number of carbonyl (C=O) groups excluding carboxylic acids is 2. The largest absolute Gasteiger partial charge is 0.446 e. The fourth-order valence-corrected chi connectivity index (χ4v) is 3.48. The number of carbonyl (C=O) groups is 2. The van der Waals surface area contributed by atoms with Gasteiger partial charge in [-0.2, -0.15) is 0 Å². The lowest BCUT2D eigenvalue weighted by Crippen LogP contribution is -2.27. The number of nitro groups is 1. The molecule has 0 radical (unpaired) electrons. The molecule has 0 spiro atoms. The van der Waals surface area contributed by atoms with E-state index in [1.807, 2.05) is 24.3 Å². The number of nitrogens with one attached hydrogen (secondary N) is 1. The standard InChI is InChI=1S/C23H17ClN4O5/c24-17-12-16(28(31)32)10-11-18(17)26-23(30)22(15-6-2-1-3-7-15)33-21(29)13-27-14-25-19-8-4-5-9-20(19)27/h1-12,14,22H,13H2,(H,26,30). The molecular weight excluding hydrogens is 448 g/mol. The van der Waals surface area contributed by atoms with Gasteiger partial charge in [0.2, 0.25) is 6.10 Å². The van der Waals surface area contributed by atoms with E-state index in [0.717, 1.165) is 17.1 Å². The molecule has 1 amide bonds. The Labute approximate surface area is 192 Å². The molecule has 1 atom stereocenters. The van der Waals surface area contributed by atoms with Crippen LogP contribution in [-0.4, -0.2) is 26.4 Å². The number of hydrogen-bond acceptors (Lipinski definition) is 6. The number of aromatic nitrogens is 2. The van der Waals surface area contributed by atoms with Crippen molar-refractivity contribution in [3.8, 4) is 0 Å². The fourth-order valence-electron chi connectivity index (χ4n) is 3.26. The van der Waals surface area contributed by atoms with E-state index >= 15 is 0 Å². The third-order valence-electron chi connectivity index (χ3n) is 4.84. The number of nitro benzene ring substituents is 1. The highest BCUT2D eigenvalue weighted by Crippen LogP contribution is 2.28. The Balaban J connectivity index is 1.54. The Morgan fingerprint density at radius 2 is 1.82 bits per heavy atom. The molecule has 10 heteroatoms. The SMILES string of the molecule is O=C(Cn1cnc2ccccc21)OC(C(=O)Nc1ccc([N+](=O)[O-])cc1Cl)c1ccccc1. The van der Waals surface area contributed by atoms with Gasteiger partial charge < -0.3 is 14.6 Å². The summed E-state index contributed by atoms with van der Waals surface area (Å²) in [5.41, 5.74) is 1.89. The molecule has 1 aromatic heterocycles. The number of anilines is 1. The van der Waals surface area contributed by atoms with Crippen LogP contribution in [0.15, 0.2) is 79.1 Å². The minimum atomic E-state index is -1.26. The van der Waals surface area contributed by atoms with Crippen molar-refractivity contribution in [1.82, 2.24) is 9.55 Å². The predicted octanol–water partition coefficient (Wildman–Crippen LogP) is 4.52. The van der Waals surface area contributed by atoms with Crippen molar-refractivity contribution in [3.05, 3.63) is 99.8 Å². The average Bonchev–Trinajstić information content (AvgIpc) is 3.22. The quantitative estimate of drug-likeness (QED) is 0.244. The van der Waals surface area contributed by atoms with Crippen LogP contribution in [0, 0.1) is 10.1 Å². The van der Waals surface area contributed by atoms with E-state index in [9.17, 15) is 19.7 Å². The Bertz CT molecular complexity index is 1340. The molecule has 0 aliphatic heterocycles. The lowest BCUT2D eigenvalue weighted by Gasteiger charge is -2.19. The molecule has 4 rings (SSSR count). The van der Waals surface area contributed by atoms with Crippen LogP contribution in [0.3, 0.4) is 0 Å². The number of ether oxygens (including phenoxy) is 1. The maximum atomic E-state index is 13.0. The van der Waals surface area contributed by atoms with Crippen LogP contribution in [0.4, 0.5) is 11.4 Å². The second-order valence-corrected chi connectivity index (χ2v) is 7.46. The minimum absolute atomic E-state index is 0.0134. The van der Waals surface area contributed by atoms with Crippen LogP contribution in [0.1, 0.15) is 11.7 Å². The lowest BCUT2D eigenvalue weighted by molar-refractivity contribution is -0.384. The van der Waals surface area contributed by atoms with Gasteiger partial charge in [0, 0.05) is 17.7 Å². The molecule has 0 aliphatic rings. The first-order valence-electron chi connectivity index (χ1n) is 9.81. The fraction of sp³-hybridized carbons (Fsp3) is 0.0870. The third-order valence-corrected chi connectivity index (χ3v) is 5.15. The number of non-ortho nitro benzene ring substituents is 1. The van der Waals surface area contributed by atoms with E-state index in [-0.39, 0.29) is 22.9 Å². The molecule has 4 aromatic rings. The molecule has 0 saturated heterocycles. The van der Waals surface area contributed by atoms with Gasteiger partial charge in [0.05, 0.1) is 33.0 Å². The highest BCUT2D eigenvalue weighted by atomic mass is 35.5. The predicted molar refractivity (Wildman–Crippen MR) is 122 cm³/mol. The van der Waals surface area contributed by atoms with Crippen LogP contribution in [-0.2, 0) is 20.9 Å². The summed E-state index contributed by atoms with van der Waals surface area (Å²) in [6, 6.07) is 19.5. The van der Waals surface area contributed by atoms with E-state index < -0.39 is 22.9 Å². The Kier molecular flexibility index (Phi) is 6.32. The van der Waals surface area contributed by atoms with Gasteiger partial charge in [-0.25, -0.2) is 4.98 Å². The topological polar surface area (TPSA) is 116 Å². The van der Waals surface area contributed by atoms with Crippen molar-refractivity contribution < 1.29 is 19.2 Å². The summed E-state index contributed by atoms with van der Waals surface area (Å²) in [7, 11) is 0. The van der Waals surface area contributed by atoms with Crippen molar-refractivity contribution in [3.63, 3.8) is 0 Å². The van der Waals surface area contributed by atoms with Crippen LogP contribution < -0.4 is 5.32 Å². The summed E-state index contributed by atoms with van der Waals surface area (Å²) in [4.78, 5) is 40.3. The highest BCUT2D eigenvalue weighted by Gasteiger charge is 2.26. The van der Waals surface area contributed by atoms with Crippen molar-refractivity contribution >= 4 is 45.9 Å². The molecule has 166 valence electrons. The van der Waals surface area contributed by atoms with E-state index in [1.54, 1.807) is 34.9 Å².